The lowest BCUT2D eigenvalue weighted by Crippen LogP contribution is -2.15. The number of sulfonamides is 1. The van der Waals surface area contributed by atoms with Crippen molar-refractivity contribution in [1.29, 1.82) is 0 Å². The van der Waals surface area contributed by atoms with E-state index in [-0.39, 0.29) is 16.6 Å². The molecule has 0 atom stereocenters. The van der Waals surface area contributed by atoms with Crippen molar-refractivity contribution in [2.24, 2.45) is 0 Å². The number of aromatic nitrogens is 5. The van der Waals surface area contributed by atoms with E-state index in [1.54, 1.807) is 25.1 Å². The second-order valence-electron chi connectivity index (χ2n) is 6.18. The van der Waals surface area contributed by atoms with Crippen LogP contribution in [0, 0.1) is 6.92 Å². The summed E-state index contributed by atoms with van der Waals surface area (Å²) in [5.74, 6) is 0.437. The third kappa shape index (κ3) is 3.96. The number of ether oxygens (including phenoxy) is 1. The molecule has 3 aromatic heterocycles. The molecule has 4 rings (SSSR count). The van der Waals surface area contributed by atoms with Crippen molar-refractivity contribution in [3.63, 3.8) is 0 Å². The van der Waals surface area contributed by atoms with Gasteiger partial charge in [-0.2, -0.15) is 0 Å². The molecule has 0 amide bonds. The van der Waals surface area contributed by atoms with E-state index in [0.29, 0.717) is 28.4 Å². The minimum Gasteiger partial charge on any atom is -0.478 e. The van der Waals surface area contributed by atoms with Crippen LogP contribution in [0.1, 0.15) is 5.69 Å². The van der Waals surface area contributed by atoms with Crippen LogP contribution in [0.15, 0.2) is 64.5 Å². The van der Waals surface area contributed by atoms with Crippen molar-refractivity contribution < 1.29 is 17.6 Å². The van der Waals surface area contributed by atoms with Gasteiger partial charge in [-0.1, -0.05) is 12.1 Å². The quantitative estimate of drug-likeness (QED) is 0.496. The van der Waals surface area contributed by atoms with Crippen LogP contribution in [-0.4, -0.2) is 40.7 Å². The maximum Gasteiger partial charge on any atom is 0.263 e. The molecule has 0 unspecified atom stereocenters. The van der Waals surface area contributed by atoms with Crippen molar-refractivity contribution in [3.05, 3.63) is 60.9 Å². The standard InChI is InChI=1S/C19H16N6O4S/c1-12-10-21-17(19(23-12)28-2)25-30(26,27)15-6-7-20-16(9-15)13-4-3-5-14(8-13)18-24-22-11-29-18/h3-11H,1-2H3,(H,21,25). The molecule has 0 saturated heterocycles. The first-order valence-corrected chi connectivity index (χ1v) is 10.2. The van der Waals surface area contributed by atoms with Gasteiger partial charge in [-0.15, -0.1) is 10.2 Å². The molecule has 152 valence electrons. The highest BCUT2D eigenvalue weighted by molar-refractivity contribution is 7.92. The zero-order valence-corrected chi connectivity index (χ0v) is 16.8. The molecule has 0 radical (unpaired) electrons. The van der Waals surface area contributed by atoms with Gasteiger partial charge in [0.2, 0.25) is 18.1 Å². The summed E-state index contributed by atoms with van der Waals surface area (Å²) in [6, 6.07) is 10.0. The summed E-state index contributed by atoms with van der Waals surface area (Å²) in [7, 11) is -2.56. The average molecular weight is 424 g/mol. The maximum absolute atomic E-state index is 12.9. The van der Waals surface area contributed by atoms with Gasteiger partial charge in [0.25, 0.3) is 15.9 Å². The highest BCUT2D eigenvalue weighted by atomic mass is 32.2. The molecule has 1 aromatic carbocycles. The average Bonchev–Trinajstić information content (AvgIpc) is 3.30. The predicted octanol–water partition coefficient (Wildman–Crippen LogP) is 2.71. The number of hydrogen-bond donors (Lipinski definition) is 1. The Labute approximate surface area is 172 Å². The lowest BCUT2D eigenvalue weighted by atomic mass is 10.1. The molecule has 0 aliphatic heterocycles. The molecule has 30 heavy (non-hydrogen) atoms. The number of nitrogens with one attached hydrogen (secondary N) is 1. The SMILES string of the molecule is COc1nc(C)cnc1NS(=O)(=O)c1ccnc(-c2cccc(-c3nnco3)c2)c1. The number of hydrogen-bond acceptors (Lipinski definition) is 9. The van der Waals surface area contributed by atoms with Gasteiger partial charge in [-0.3, -0.25) is 9.71 Å². The summed E-state index contributed by atoms with van der Waals surface area (Å²) in [4.78, 5) is 12.5. The molecule has 0 spiro atoms. The summed E-state index contributed by atoms with van der Waals surface area (Å²) in [6.45, 7) is 1.73. The van der Waals surface area contributed by atoms with Gasteiger partial charge in [-0.05, 0) is 31.2 Å². The minimum absolute atomic E-state index is 0.000136. The van der Waals surface area contributed by atoms with Crippen LogP contribution < -0.4 is 9.46 Å². The molecular weight excluding hydrogens is 408 g/mol. The number of rotatable bonds is 6. The Morgan fingerprint density at radius 1 is 1.10 bits per heavy atom. The normalized spacial score (nSPS) is 11.3. The van der Waals surface area contributed by atoms with Crippen LogP contribution in [0.3, 0.4) is 0 Å². The smallest absolute Gasteiger partial charge is 0.263 e. The largest absolute Gasteiger partial charge is 0.478 e. The predicted molar refractivity (Wildman–Crippen MR) is 107 cm³/mol. The Hall–Kier alpha value is -3.86. The van der Waals surface area contributed by atoms with Crippen molar-refractivity contribution in [1.82, 2.24) is 25.1 Å². The maximum atomic E-state index is 12.9. The van der Waals surface area contributed by atoms with Crippen LogP contribution in [0.2, 0.25) is 0 Å². The second-order valence-corrected chi connectivity index (χ2v) is 7.86. The lowest BCUT2D eigenvalue weighted by Gasteiger charge is -2.11. The Kier molecular flexibility index (Phi) is 5.11. The number of pyridine rings is 1. The van der Waals surface area contributed by atoms with E-state index >= 15 is 0 Å². The number of methoxy groups -OCH3 is 1. The van der Waals surface area contributed by atoms with E-state index < -0.39 is 10.0 Å². The highest BCUT2D eigenvalue weighted by Gasteiger charge is 2.19. The van der Waals surface area contributed by atoms with Gasteiger partial charge >= 0.3 is 0 Å². The third-order valence-electron chi connectivity index (χ3n) is 4.09. The Balaban J connectivity index is 1.67. The Morgan fingerprint density at radius 3 is 2.70 bits per heavy atom. The van der Waals surface area contributed by atoms with E-state index in [1.807, 2.05) is 6.07 Å². The zero-order valence-electron chi connectivity index (χ0n) is 16.0. The first-order valence-electron chi connectivity index (χ1n) is 8.70. The molecule has 11 heteroatoms. The summed E-state index contributed by atoms with van der Waals surface area (Å²) < 4.78 is 38.5. The first kappa shape index (κ1) is 19.5. The van der Waals surface area contributed by atoms with Gasteiger partial charge in [0.1, 0.15) is 0 Å². The van der Waals surface area contributed by atoms with Gasteiger partial charge in [0.15, 0.2) is 0 Å². The van der Waals surface area contributed by atoms with Crippen LogP contribution in [0.25, 0.3) is 22.7 Å². The summed E-state index contributed by atoms with van der Waals surface area (Å²) >= 11 is 0. The van der Waals surface area contributed by atoms with Crippen LogP contribution in [-0.2, 0) is 10.0 Å². The fourth-order valence-corrected chi connectivity index (χ4v) is 3.72. The molecule has 1 N–H and O–H groups in total. The van der Waals surface area contributed by atoms with Crippen molar-refractivity contribution >= 4 is 15.8 Å². The lowest BCUT2D eigenvalue weighted by molar-refractivity contribution is 0.397. The molecule has 0 fully saturated rings. The highest BCUT2D eigenvalue weighted by Crippen LogP contribution is 2.27. The van der Waals surface area contributed by atoms with Crippen molar-refractivity contribution in [2.75, 3.05) is 11.8 Å². The molecule has 3 heterocycles. The van der Waals surface area contributed by atoms with Crippen LogP contribution in [0.5, 0.6) is 5.88 Å². The minimum atomic E-state index is -3.96. The zero-order chi connectivity index (χ0) is 21.1. The summed E-state index contributed by atoms with van der Waals surface area (Å²) in [5.41, 5.74) is 2.44. The van der Waals surface area contributed by atoms with Crippen molar-refractivity contribution in [3.8, 4) is 28.6 Å². The van der Waals surface area contributed by atoms with Gasteiger partial charge in [0.05, 0.1) is 29.6 Å². The van der Waals surface area contributed by atoms with E-state index in [4.69, 9.17) is 9.15 Å². The van der Waals surface area contributed by atoms with Gasteiger partial charge in [-0.25, -0.2) is 18.4 Å². The van der Waals surface area contributed by atoms with Crippen LogP contribution >= 0.6 is 0 Å². The second kappa shape index (κ2) is 7.87. The van der Waals surface area contributed by atoms with Crippen LogP contribution in [0.4, 0.5) is 5.82 Å². The molecule has 4 aromatic rings. The Bertz CT molecular complexity index is 1290. The Morgan fingerprint density at radius 2 is 1.93 bits per heavy atom. The fraction of sp³-hybridized carbons (Fsp3) is 0.105. The number of nitrogens with zero attached hydrogens (tertiary/aromatic N) is 5. The van der Waals surface area contributed by atoms with Crippen molar-refractivity contribution in [2.45, 2.75) is 11.8 Å². The summed E-state index contributed by atoms with van der Waals surface area (Å²) in [6.07, 6.45) is 4.10. The van der Waals surface area contributed by atoms with E-state index in [1.165, 1.54) is 38.0 Å². The molecular formula is C19H16N6O4S. The fourth-order valence-electron chi connectivity index (χ4n) is 2.70. The van der Waals surface area contributed by atoms with E-state index in [9.17, 15) is 8.42 Å². The molecule has 0 aliphatic carbocycles. The molecule has 0 bridgehead atoms. The first-order chi connectivity index (χ1) is 14.5. The number of benzene rings is 1. The third-order valence-corrected chi connectivity index (χ3v) is 5.43. The molecule has 10 nitrogen and oxygen atoms in total. The number of aryl methyl sites for hydroxylation is 1. The monoisotopic (exact) mass is 424 g/mol. The van der Waals surface area contributed by atoms with E-state index in [2.05, 4.69) is 29.9 Å². The topological polar surface area (TPSA) is 133 Å². The van der Waals surface area contributed by atoms with Gasteiger partial charge in [0, 0.05) is 17.3 Å². The van der Waals surface area contributed by atoms with E-state index in [0.717, 1.165) is 0 Å². The molecule has 0 saturated carbocycles. The summed E-state index contributed by atoms with van der Waals surface area (Å²) in [5, 5.41) is 7.55. The van der Waals surface area contributed by atoms with Gasteiger partial charge < -0.3 is 9.15 Å². The molecule has 0 aliphatic rings. The number of anilines is 1.